The fourth-order valence-corrected chi connectivity index (χ4v) is 3.19. The van der Waals surface area contributed by atoms with Crippen molar-refractivity contribution in [2.45, 2.75) is 24.9 Å². The van der Waals surface area contributed by atoms with Crippen molar-refractivity contribution < 1.29 is 18.6 Å². The van der Waals surface area contributed by atoms with E-state index in [1.54, 1.807) is 18.0 Å². The standard InChI is InChI=1S/C12H18N5O4PS/c1-19-7-3-9(21-8(7)4-20-22(2,18)23)17-6-16-10-11(13)14-5-15-12(10)17/h5-9H,3-4H2,1-2H3,(H,18,23)(H2,13,14,15)/t7-,8?,9-,22?/m1/s1. The van der Waals surface area contributed by atoms with E-state index in [1.807, 2.05) is 0 Å². The molecular formula is C12H18N5O4PS. The summed E-state index contributed by atoms with van der Waals surface area (Å²) in [4.78, 5) is 12.4. The van der Waals surface area contributed by atoms with E-state index >= 15 is 0 Å². The van der Waals surface area contributed by atoms with Crippen LogP contribution in [0, 0.1) is 0 Å². The Labute approximate surface area is 138 Å². The fourth-order valence-electron chi connectivity index (χ4n) is 2.56. The Hall–Kier alpha value is -1.19. The molecule has 2 aromatic rings. The number of nitrogens with zero attached hydrogens (tertiary/aromatic N) is 4. The van der Waals surface area contributed by atoms with Crippen molar-refractivity contribution in [3.8, 4) is 0 Å². The van der Waals surface area contributed by atoms with Crippen LogP contribution in [-0.2, 0) is 18.6 Å². The van der Waals surface area contributed by atoms with Gasteiger partial charge in [-0.15, -0.1) is 0 Å². The molecule has 3 heterocycles. The molecule has 0 saturated carbocycles. The first-order chi connectivity index (χ1) is 10.9. The van der Waals surface area contributed by atoms with Crippen LogP contribution in [-0.4, -0.2) is 52.1 Å². The van der Waals surface area contributed by atoms with E-state index in [0.29, 0.717) is 23.4 Å². The second kappa shape index (κ2) is 6.37. The van der Waals surface area contributed by atoms with Gasteiger partial charge in [-0.25, -0.2) is 15.0 Å². The lowest BCUT2D eigenvalue weighted by atomic mass is 10.2. The lowest BCUT2D eigenvalue weighted by molar-refractivity contribution is -0.0453. The third kappa shape index (κ3) is 3.51. The van der Waals surface area contributed by atoms with Crippen molar-refractivity contribution in [1.29, 1.82) is 0 Å². The fraction of sp³-hybridized carbons (Fsp3) is 0.583. The van der Waals surface area contributed by atoms with Crippen LogP contribution in [0.4, 0.5) is 5.82 Å². The van der Waals surface area contributed by atoms with Gasteiger partial charge in [0.05, 0.1) is 19.0 Å². The first-order valence-corrected chi connectivity index (χ1v) is 10.2. The number of ether oxygens (including phenoxy) is 2. The number of imidazole rings is 1. The van der Waals surface area contributed by atoms with Crippen molar-refractivity contribution in [3.63, 3.8) is 0 Å². The lowest BCUT2D eigenvalue weighted by Crippen LogP contribution is -2.27. The maximum Gasteiger partial charge on any atom is 0.251 e. The molecule has 0 radical (unpaired) electrons. The van der Waals surface area contributed by atoms with Crippen LogP contribution in [0.2, 0.25) is 0 Å². The molecule has 0 bridgehead atoms. The average molecular weight is 359 g/mol. The molecule has 1 fully saturated rings. The topological polar surface area (TPSA) is 114 Å². The van der Waals surface area contributed by atoms with Crippen molar-refractivity contribution in [3.05, 3.63) is 12.7 Å². The van der Waals surface area contributed by atoms with Gasteiger partial charge >= 0.3 is 0 Å². The van der Waals surface area contributed by atoms with E-state index in [2.05, 4.69) is 27.2 Å². The minimum atomic E-state index is -2.88. The molecule has 2 N–H and O–H groups in total. The predicted octanol–water partition coefficient (Wildman–Crippen LogP) is 1.48. The molecule has 0 spiro atoms. The molecule has 0 aromatic carbocycles. The number of thiol groups is 1. The molecule has 126 valence electrons. The number of fused-ring (bicyclic) bond motifs is 1. The van der Waals surface area contributed by atoms with Gasteiger partial charge in [-0.1, -0.05) is 12.2 Å². The summed E-state index contributed by atoms with van der Waals surface area (Å²) in [5, 5.41) is 0. The molecule has 1 aliphatic rings. The first-order valence-electron chi connectivity index (χ1n) is 6.95. The summed E-state index contributed by atoms with van der Waals surface area (Å²) in [6, 6.07) is 0. The molecular weight excluding hydrogens is 341 g/mol. The second-order valence-corrected chi connectivity index (χ2v) is 9.36. The summed E-state index contributed by atoms with van der Waals surface area (Å²) in [6.07, 6.45) is 2.69. The molecule has 1 saturated heterocycles. The number of rotatable bonds is 5. The van der Waals surface area contributed by atoms with Crippen molar-refractivity contribution in [2.24, 2.45) is 0 Å². The van der Waals surface area contributed by atoms with Gasteiger partial charge < -0.3 is 19.7 Å². The molecule has 9 nitrogen and oxygen atoms in total. The molecule has 3 rings (SSSR count). The Morgan fingerprint density at radius 2 is 2.30 bits per heavy atom. The minimum Gasteiger partial charge on any atom is -0.382 e. The van der Waals surface area contributed by atoms with Crippen LogP contribution in [0.5, 0.6) is 0 Å². The van der Waals surface area contributed by atoms with Crippen LogP contribution in [0.1, 0.15) is 12.6 Å². The molecule has 11 heteroatoms. The summed E-state index contributed by atoms with van der Waals surface area (Å²) in [6.45, 7) is -1.31. The maximum absolute atomic E-state index is 11.6. The van der Waals surface area contributed by atoms with Crippen LogP contribution < -0.4 is 5.73 Å². The van der Waals surface area contributed by atoms with E-state index in [1.165, 1.54) is 13.0 Å². The van der Waals surface area contributed by atoms with Gasteiger partial charge in [0.2, 0.25) is 0 Å². The zero-order chi connectivity index (χ0) is 16.6. The molecule has 0 aliphatic carbocycles. The SMILES string of the molecule is CO[C@@H]1C[C@H](n2cnc3c(N)ncnc32)OC1COP(C)(=O)S. The van der Waals surface area contributed by atoms with Gasteiger partial charge in [0.1, 0.15) is 24.2 Å². The van der Waals surface area contributed by atoms with Gasteiger partial charge in [-0.2, -0.15) is 0 Å². The summed E-state index contributed by atoms with van der Waals surface area (Å²) in [5.74, 6) is 0.317. The Kier molecular flexibility index (Phi) is 4.61. The van der Waals surface area contributed by atoms with Crippen molar-refractivity contribution in [1.82, 2.24) is 19.5 Å². The van der Waals surface area contributed by atoms with E-state index in [-0.39, 0.29) is 25.0 Å². The van der Waals surface area contributed by atoms with Crippen LogP contribution >= 0.6 is 18.8 Å². The van der Waals surface area contributed by atoms with Gasteiger partial charge in [0.15, 0.2) is 11.5 Å². The second-order valence-electron chi connectivity index (χ2n) is 5.32. The quantitative estimate of drug-likeness (QED) is 0.609. The zero-order valence-electron chi connectivity index (χ0n) is 12.7. The molecule has 0 amide bonds. The smallest absolute Gasteiger partial charge is 0.251 e. The number of methoxy groups -OCH3 is 1. The van der Waals surface area contributed by atoms with Gasteiger partial charge in [0.25, 0.3) is 6.57 Å². The van der Waals surface area contributed by atoms with E-state index in [9.17, 15) is 4.57 Å². The normalized spacial score (nSPS) is 27.3. The maximum atomic E-state index is 11.6. The monoisotopic (exact) mass is 359 g/mol. The highest BCUT2D eigenvalue weighted by Gasteiger charge is 2.38. The minimum absolute atomic E-state index is 0.135. The Balaban J connectivity index is 1.81. The molecule has 2 aromatic heterocycles. The van der Waals surface area contributed by atoms with Crippen molar-refractivity contribution >= 4 is 35.8 Å². The summed E-state index contributed by atoms with van der Waals surface area (Å²) < 4.78 is 30.0. The predicted molar refractivity (Wildman–Crippen MR) is 87.5 cm³/mol. The number of nitrogen functional groups attached to an aromatic ring is 1. The van der Waals surface area contributed by atoms with Crippen molar-refractivity contribution in [2.75, 3.05) is 26.1 Å². The highest BCUT2D eigenvalue weighted by atomic mass is 32.7. The third-order valence-corrected chi connectivity index (χ3v) is 4.63. The molecule has 2 unspecified atom stereocenters. The number of anilines is 1. The van der Waals surface area contributed by atoms with Gasteiger partial charge in [-0.3, -0.25) is 9.13 Å². The Bertz CT molecular complexity index is 750. The first kappa shape index (κ1) is 16.7. The number of hydrogen-bond donors (Lipinski definition) is 2. The van der Waals surface area contributed by atoms with E-state index in [0.717, 1.165) is 0 Å². The Morgan fingerprint density at radius 3 is 3.00 bits per heavy atom. The highest BCUT2D eigenvalue weighted by Crippen LogP contribution is 2.48. The number of aromatic nitrogens is 4. The zero-order valence-corrected chi connectivity index (χ0v) is 14.5. The van der Waals surface area contributed by atoms with Gasteiger partial charge in [0, 0.05) is 20.2 Å². The summed E-state index contributed by atoms with van der Waals surface area (Å²) >= 11 is 3.92. The van der Waals surface area contributed by atoms with Crippen LogP contribution in [0.15, 0.2) is 12.7 Å². The molecule has 1 aliphatic heterocycles. The van der Waals surface area contributed by atoms with Gasteiger partial charge in [-0.05, 0) is 0 Å². The average Bonchev–Trinajstić information content (AvgIpc) is 3.08. The van der Waals surface area contributed by atoms with E-state index < -0.39 is 6.57 Å². The molecule has 23 heavy (non-hydrogen) atoms. The third-order valence-electron chi connectivity index (χ3n) is 3.66. The highest BCUT2D eigenvalue weighted by molar-refractivity contribution is 8.46. The Morgan fingerprint density at radius 1 is 1.52 bits per heavy atom. The summed E-state index contributed by atoms with van der Waals surface area (Å²) in [5.41, 5.74) is 6.91. The number of nitrogens with two attached hydrogens (primary N) is 1. The lowest BCUT2D eigenvalue weighted by Gasteiger charge is -2.18. The molecule has 4 atom stereocenters. The van der Waals surface area contributed by atoms with Crippen LogP contribution in [0.25, 0.3) is 11.2 Å². The largest absolute Gasteiger partial charge is 0.382 e. The van der Waals surface area contributed by atoms with E-state index in [4.69, 9.17) is 19.7 Å². The summed E-state index contributed by atoms with van der Waals surface area (Å²) in [7, 11) is 1.60. The number of hydrogen-bond acceptors (Lipinski definition) is 8. The van der Waals surface area contributed by atoms with Crippen LogP contribution in [0.3, 0.4) is 0 Å².